The Morgan fingerprint density at radius 1 is 1.16 bits per heavy atom. The fraction of sp³-hybridized carbons (Fsp3) is 0.133. The van der Waals surface area contributed by atoms with Crippen LogP contribution in [0.5, 0.6) is 11.5 Å². The zero-order chi connectivity index (χ0) is 13.8. The zero-order valence-corrected chi connectivity index (χ0v) is 10.5. The monoisotopic (exact) mass is 257 g/mol. The van der Waals surface area contributed by atoms with Gasteiger partial charge in [-0.25, -0.2) is 0 Å². The van der Waals surface area contributed by atoms with Gasteiger partial charge in [0.25, 0.3) is 5.91 Å². The highest BCUT2D eigenvalue weighted by Gasteiger charge is 2.09. The maximum atomic E-state index is 11.3. The third kappa shape index (κ3) is 3.11. The lowest BCUT2D eigenvalue weighted by Crippen LogP contribution is -2.11. The Morgan fingerprint density at radius 3 is 2.37 bits per heavy atom. The van der Waals surface area contributed by atoms with Gasteiger partial charge in [0.1, 0.15) is 11.5 Å². The standard InChI is InChI=1S/C15H15NO3/c1-10(17)11-6-8-12(9-7-11)19-14-5-3-2-4-13(14)15(16)18/h2-10,17H,1H3,(H2,16,18). The molecule has 0 aromatic heterocycles. The molecule has 2 aromatic carbocycles. The lowest BCUT2D eigenvalue weighted by Gasteiger charge is -2.10. The average Bonchev–Trinajstić information content (AvgIpc) is 2.39. The van der Waals surface area contributed by atoms with Gasteiger partial charge in [-0.3, -0.25) is 4.79 Å². The minimum absolute atomic E-state index is 0.335. The van der Waals surface area contributed by atoms with Gasteiger partial charge in [-0.2, -0.15) is 0 Å². The largest absolute Gasteiger partial charge is 0.457 e. The summed E-state index contributed by atoms with van der Waals surface area (Å²) < 4.78 is 5.62. The van der Waals surface area contributed by atoms with E-state index in [9.17, 15) is 9.90 Å². The van der Waals surface area contributed by atoms with Crippen LogP contribution in [0.25, 0.3) is 0 Å². The van der Waals surface area contributed by atoms with Crippen LogP contribution >= 0.6 is 0 Å². The molecule has 19 heavy (non-hydrogen) atoms. The van der Waals surface area contributed by atoms with E-state index in [1.54, 1.807) is 55.5 Å². The number of rotatable bonds is 4. The molecule has 4 heteroatoms. The zero-order valence-electron chi connectivity index (χ0n) is 10.5. The first-order valence-electron chi connectivity index (χ1n) is 5.92. The van der Waals surface area contributed by atoms with Gasteiger partial charge in [0, 0.05) is 0 Å². The number of hydrogen-bond acceptors (Lipinski definition) is 3. The van der Waals surface area contributed by atoms with E-state index in [4.69, 9.17) is 10.5 Å². The van der Waals surface area contributed by atoms with Crippen molar-refractivity contribution in [1.29, 1.82) is 0 Å². The van der Waals surface area contributed by atoms with E-state index in [2.05, 4.69) is 0 Å². The number of aliphatic hydroxyl groups is 1. The average molecular weight is 257 g/mol. The first kappa shape index (κ1) is 13.1. The summed E-state index contributed by atoms with van der Waals surface area (Å²) in [5.41, 5.74) is 6.42. The Bertz CT molecular complexity index is 576. The molecule has 0 heterocycles. The summed E-state index contributed by atoms with van der Waals surface area (Å²) in [5.74, 6) is 0.467. The van der Waals surface area contributed by atoms with Gasteiger partial charge in [0.15, 0.2) is 0 Å². The maximum absolute atomic E-state index is 11.3. The molecule has 0 aliphatic carbocycles. The van der Waals surface area contributed by atoms with Crippen molar-refractivity contribution in [3.63, 3.8) is 0 Å². The van der Waals surface area contributed by atoms with E-state index in [-0.39, 0.29) is 0 Å². The van der Waals surface area contributed by atoms with Crippen molar-refractivity contribution < 1.29 is 14.6 Å². The molecule has 2 aromatic rings. The second kappa shape index (κ2) is 5.54. The van der Waals surface area contributed by atoms with Crippen LogP contribution in [0.2, 0.25) is 0 Å². The van der Waals surface area contributed by atoms with Crippen molar-refractivity contribution in [2.24, 2.45) is 5.73 Å². The lowest BCUT2D eigenvalue weighted by molar-refractivity contribution is 0.0998. The molecule has 1 atom stereocenters. The highest BCUT2D eigenvalue weighted by Crippen LogP contribution is 2.26. The van der Waals surface area contributed by atoms with E-state index in [0.717, 1.165) is 5.56 Å². The normalized spacial score (nSPS) is 11.9. The molecule has 0 spiro atoms. The third-order valence-corrected chi connectivity index (χ3v) is 2.74. The van der Waals surface area contributed by atoms with Crippen molar-refractivity contribution in [3.8, 4) is 11.5 Å². The predicted molar refractivity (Wildman–Crippen MR) is 72.1 cm³/mol. The van der Waals surface area contributed by atoms with Crippen LogP contribution in [0.3, 0.4) is 0 Å². The SMILES string of the molecule is CC(O)c1ccc(Oc2ccccc2C(N)=O)cc1. The Hall–Kier alpha value is -2.33. The number of amides is 1. The van der Waals surface area contributed by atoms with E-state index in [1.807, 2.05) is 0 Å². The number of carbonyl (C=O) groups is 1. The molecule has 2 rings (SSSR count). The summed E-state index contributed by atoms with van der Waals surface area (Å²) in [5, 5.41) is 9.42. The third-order valence-electron chi connectivity index (χ3n) is 2.74. The summed E-state index contributed by atoms with van der Waals surface area (Å²) in [7, 11) is 0. The number of carbonyl (C=O) groups excluding carboxylic acids is 1. The summed E-state index contributed by atoms with van der Waals surface area (Å²) in [6.45, 7) is 1.69. The highest BCUT2D eigenvalue weighted by molar-refractivity contribution is 5.95. The number of benzene rings is 2. The van der Waals surface area contributed by atoms with Gasteiger partial charge in [-0.05, 0) is 36.8 Å². The smallest absolute Gasteiger partial charge is 0.252 e. The van der Waals surface area contributed by atoms with Crippen LogP contribution in [-0.2, 0) is 0 Å². The molecule has 0 aliphatic rings. The predicted octanol–water partition coefficient (Wildman–Crippen LogP) is 2.63. The molecule has 1 amide bonds. The molecule has 98 valence electrons. The van der Waals surface area contributed by atoms with Crippen molar-refractivity contribution in [1.82, 2.24) is 0 Å². The molecule has 1 unspecified atom stereocenters. The Labute approximate surface area is 111 Å². The van der Waals surface area contributed by atoms with Crippen molar-refractivity contribution in [2.45, 2.75) is 13.0 Å². The van der Waals surface area contributed by atoms with E-state index in [1.165, 1.54) is 0 Å². The highest BCUT2D eigenvalue weighted by atomic mass is 16.5. The first-order valence-corrected chi connectivity index (χ1v) is 5.92. The molecule has 3 N–H and O–H groups in total. The Balaban J connectivity index is 2.24. The van der Waals surface area contributed by atoms with Crippen LogP contribution in [0.15, 0.2) is 48.5 Å². The molecule has 0 aliphatic heterocycles. The quantitative estimate of drug-likeness (QED) is 0.884. The number of primary amides is 1. The van der Waals surface area contributed by atoms with Crippen LogP contribution in [0.1, 0.15) is 28.9 Å². The van der Waals surface area contributed by atoms with Crippen molar-refractivity contribution >= 4 is 5.91 Å². The Kier molecular flexibility index (Phi) is 3.82. The van der Waals surface area contributed by atoms with Gasteiger partial charge in [0.05, 0.1) is 11.7 Å². The summed E-state index contributed by atoms with van der Waals surface area (Å²) in [6.07, 6.45) is -0.521. The minimum atomic E-state index is -0.531. The summed E-state index contributed by atoms with van der Waals surface area (Å²) in [6, 6.07) is 13.8. The minimum Gasteiger partial charge on any atom is -0.457 e. The molecule has 0 radical (unpaired) electrons. The van der Waals surface area contributed by atoms with E-state index in [0.29, 0.717) is 17.1 Å². The van der Waals surface area contributed by atoms with Gasteiger partial charge >= 0.3 is 0 Å². The molecular formula is C15H15NO3. The van der Waals surface area contributed by atoms with Crippen molar-refractivity contribution in [3.05, 3.63) is 59.7 Å². The molecule has 0 saturated heterocycles. The van der Waals surface area contributed by atoms with Gasteiger partial charge in [0.2, 0.25) is 0 Å². The molecule has 0 fully saturated rings. The fourth-order valence-electron chi connectivity index (χ4n) is 1.70. The number of ether oxygens (including phenoxy) is 1. The second-order valence-corrected chi connectivity index (χ2v) is 4.21. The number of para-hydroxylation sites is 1. The molecular weight excluding hydrogens is 242 g/mol. The van der Waals surface area contributed by atoms with Gasteiger partial charge < -0.3 is 15.6 Å². The summed E-state index contributed by atoms with van der Waals surface area (Å²) >= 11 is 0. The fourth-order valence-corrected chi connectivity index (χ4v) is 1.70. The lowest BCUT2D eigenvalue weighted by atomic mass is 10.1. The van der Waals surface area contributed by atoms with Crippen LogP contribution in [0, 0.1) is 0 Å². The number of aliphatic hydroxyl groups excluding tert-OH is 1. The van der Waals surface area contributed by atoms with Crippen molar-refractivity contribution in [2.75, 3.05) is 0 Å². The maximum Gasteiger partial charge on any atom is 0.252 e. The molecule has 4 nitrogen and oxygen atoms in total. The Morgan fingerprint density at radius 2 is 1.79 bits per heavy atom. The first-order chi connectivity index (χ1) is 9.08. The molecule has 0 bridgehead atoms. The van der Waals surface area contributed by atoms with Gasteiger partial charge in [-0.1, -0.05) is 24.3 Å². The number of hydrogen-bond donors (Lipinski definition) is 2. The summed E-state index contributed by atoms with van der Waals surface area (Å²) in [4.78, 5) is 11.3. The van der Waals surface area contributed by atoms with E-state index < -0.39 is 12.0 Å². The van der Waals surface area contributed by atoms with E-state index >= 15 is 0 Å². The van der Waals surface area contributed by atoms with Crippen LogP contribution in [-0.4, -0.2) is 11.0 Å². The van der Waals surface area contributed by atoms with Crippen LogP contribution in [0.4, 0.5) is 0 Å². The topological polar surface area (TPSA) is 72.6 Å². The molecule has 0 saturated carbocycles. The number of nitrogens with two attached hydrogens (primary N) is 1. The van der Waals surface area contributed by atoms with Crippen LogP contribution < -0.4 is 10.5 Å². The second-order valence-electron chi connectivity index (χ2n) is 4.21. The van der Waals surface area contributed by atoms with Gasteiger partial charge in [-0.15, -0.1) is 0 Å².